The van der Waals surface area contributed by atoms with Crippen LogP contribution in [0.5, 0.6) is 5.75 Å². The molecule has 0 unspecified atom stereocenters. The van der Waals surface area contributed by atoms with Crippen LogP contribution in [0, 0.1) is 19.8 Å². The number of nitrogens with zero attached hydrogens (tertiary/aromatic N) is 2. The Kier molecular flexibility index (Phi) is 4.78. The number of aromatic nitrogens is 1. The molecule has 0 radical (unpaired) electrons. The van der Waals surface area contributed by atoms with Gasteiger partial charge in [0.15, 0.2) is 0 Å². The highest BCUT2D eigenvalue weighted by molar-refractivity contribution is 6.04. The molecule has 1 saturated heterocycles. The van der Waals surface area contributed by atoms with E-state index in [1.165, 1.54) is 0 Å². The number of hydrogen-bond donors (Lipinski definition) is 2. The lowest BCUT2D eigenvalue weighted by molar-refractivity contribution is -0.117. The molecule has 1 aromatic heterocycles. The third kappa shape index (κ3) is 3.27. The predicted molar refractivity (Wildman–Crippen MR) is 104 cm³/mol. The number of amides is 1. The number of carbonyl (C=O) groups excluding carboxylic acids is 1. The Morgan fingerprint density at radius 2 is 2.07 bits per heavy atom. The van der Waals surface area contributed by atoms with E-state index in [-0.39, 0.29) is 5.91 Å². The maximum absolute atomic E-state index is 12.6. The molecular weight excluding hydrogens is 344 g/mol. The molecule has 0 saturated carbocycles. The second-order valence-electron chi connectivity index (χ2n) is 7.32. The molecule has 7 heteroatoms. The molecule has 4 rings (SSSR count). The monoisotopic (exact) mass is 370 g/mol. The number of aryl methyl sites for hydroxylation is 2. The average Bonchev–Trinajstić information content (AvgIpc) is 3.02. The Balaban J connectivity index is 1.74. The van der Waals surface area contributed by atoms with Crippen molar-refractivity contribution in [3.05, 3.63) is 23.6 Å². The van der Waals surface area contributed by atoms with Gasteiger partial charge in [-0.05, 0) is 51.8 Å². The number of nitrogens with one attached hydrogen (secondary N) is 2. The summed E-state index contributed by atoms with van der Waals surface area (Å²) in [5.74, 6) is 2.10. The van der Waals surface area contributed by atoms with E-state index in [9.17, 15) is 4.79 Å². The van der Waals surface area contributed by atoms with E-state index in [0.29, 0.717) is 12.5 Å². The van der Waals surface area contributed by atoms with Gasteiger partial charge in [-0.25, -0.2) is 0 Å². The molecule has 0 atom stereocenters. The summed E-state index contributed by atoms with van der Waals surface area (Å²) in [6, 6.07) is 4.00. The minimum atomic E-state index is 0.105. The number of carbonyl (C=O) groups is 1. The largest absolute Gasteiger partial charge is 0.496 e. The summed E-state index contributed by atoms with van der Waals surface area (Å²) >= 11 is 0. The minimum absolute atomic E-state index is 0.105. The first kappa shape index (κ1) is 17.9. The van der Waals surface area contributed by atoms with Crippen LogP contribution in [0.2, 0.25) is 0 Å². The van der Waals surface area contributed by atoms with Crippen LogP contribution in [0.1, 0.15) is 24.3 Å². The third-order valence-corrected chi connectivity index (χ3v) is 5.54. The zero-order chi connectivity index (χ0) is 19.0. The van der Waals surface area contributed by atoms with Crippen LogP contribution in [-0.4, -0.2) is 44.4 Å². The molecule has 1 amide bonds. The molecule has 2 N–H and O–H groups in total. The second kappa shape index (κ2) is 7.23. The van der Waals surface area contributed by atoms with Gasteiger partial charge in [0, 0.05) is 18.2 Å². The number of ether oxygens (including phenoxy) is 1. The topological polar surface area (TPSA) is 79.6 Å². The molecular formula is C20H26N4O3. The molecule has 7 nitrogen and oxygen atoms in total. The van der Waals surface area contributed by atoms with Crippen molar-refractivity contribution in [2.24, 2.45) is 5.92 Å². The van der Waals surface area contributed by atoms with Crippen molar-refractivity contribution < 1.29 is 14.1 Å². The number of piperidine rings is 1. The van der Waals surface area contributed by atoms with E-state index < -0.39 is 0 Å². The van der Waals surface area contributed by atoms with Crippen LogP contribution >= 0.6 is 0 Å². The first-order chi connectivity index (χ1) is 13.1. The Hall–Kier alpha value is -2.54. The number of benzene rings is 1. The molecule has 2 aliphatic rings. The number of rotatable bonds is 4. The van der Waals surface area contributed by atoms with Gasteiger partial charge in [-0.3, -0.25) is 4.79 Å². The fraction of sp³-hybridized carbons (Fsp3) is 0.500. The Bertz CT molecular complexity index is 836. The van der Waals surface area contributed by atoms with Crippen LogP contribution in [0.25, 0.3) is 11.1 Å². The van der Waals surface area contributed by atoms with Crippen LogP contribution < -0.4 is 20.3 Å². The van der Waals surface area contributed by atoms with Gasteiger partial charge in [0.25, 0.3) is 0 Å². The Morgan fingerprint density at radius 1 is 1.30 bits per heavy atom. The first-order valence-electron chi connectivity index (χ1n) is 9.48. The van der Waals surface area contributed by atoms with E-state index in [1.807, 2.05) is 30.9 Å². The summed E-state index contributed by atoms with van der Waals surface area (Å²) in [5.41, 5.74) is 4.52. The van der Waals surface area contributed by atoms with E-state index in [4.69, 9.17) is 9.26 Å². The third-order valence-electron chi connectivity index (χ3n) is 5.54. The summed E-state index contributed by atoms with van der Waals surface area (Å²) in [6.45, 7) is 6.92. The van der Waals surface area contributed by atoms with Crippen molar-refractivity contribution in [3.8, 4) is 16.9 Å². The quantitative estimate of drug-likeness (QED) is 0.861. The van der Waals surface area contributed by atoms with Crippen LogP contribution in [0.4, 0.5) is 11.4 Å². The Labute approximate surface area is 159 Å². The van der Waals surface area contributed by atoms with Gasteiger partial charge < -0.3 is 24.8 Å². The van der Waals surface area contributed by atoms with Gasteiger partial charge in [0.2, 0.25) is 5.91 Å². The number of hydrogen-bond acceptors (Lipinski definition) is 6. The highest BCUT2D eigenvalue weighted by Crippen LogP contribution is 2.43. The second-order valence-corrected chi connectivity index (χ2v) is 7.32. The van der Waals surface area contributed by atoms with Gasteiger partial charge in [0.05, 0.1) is 36.3 Å². The summed E-state index contributed by atoms with van der Waals surface area (Å²) in [4.78, 5) is 14.6. The van der Waals surface area contributed by atoms with Crippen molar-refractivity contribution in [2.45, 2.75) is 26.7 Å². The Morgan fingerprint density at radius 3 is 2.74 bits per heavy atom. The number of fused-ring (bicyclic) bond motifs is 1. The van der Waals surface area contributed by atoms with E-state index in [1.54, 1.807) is 7.11 Å². The van der Waals surface area contributed by atoms with E-state index >= 15 is 0 Å². The molecule has 1 aromatic carbocycles. The van der Waals surface area contributed by atoms with Crippen molar-refractivity contribution in [1.29, 1.82) is 0 Å². The predicted octanol–water partition coefficient (Wildman–Crippen LogP) is 2.73. The highest BCUT2D eigenvalue weighted by atomic mass is 16.5. The fourth-order valence-corrected chi connectivity index (χ4v) is 4.09. The first-order valence-corrected chi connectivity index (χ1v) is 9.48. The average molecular weight is 370 g/mol. The molecule has 1 fully saturated rings. The summed E-state index contributed by atoms with van der Waals surface area (Å²) in [6.07, 6.45) is 2.20. The van der Waals surface area contributed by atoms with Crippen molar-refractivity contribution in [2.75, 3.05) is 43.5 Å². The van der Waals surface area contributed by atoms with E-state index in [2.05, 4.69) is 15.8 Å². The summed E-state index contributed by atoms with van der Waals surface area (Å²) in [5, 5.41) is 10.7. The zero-order valence-electron chi connectivity index (χ0n) is 16.1. The molecule has 2 aromatic rings. The number of anilines is 2. The lowest BCUT2D eigenvalue weighted by Gasteiger charge is -2.35. The zero-order valence-corrected chi connectivity index (χ0v) is 16.1. The standard InChI is InChI=1S/C20H26N4O3/c1-12-20(13(2)27-23-12)15-8-16-17(9-18(15)26-3)24(19(25)10-22-16)11-14-4-6-21-7-5-14/h8-9,14,21-22H,4-7,10-11H2,1-3H3. The number of methoxy groups -OCH3 is 1. The molecule has 27 heavy (non-hydrogen) atoms. The van der Waals surface area contributed by atoms with Crippen molar-refractivity contribution >= 4 is 17.3 Å². The fourth-order valence-electron chi connectivity index (χ4n) is 4.09. The molecule has 0 bridgehead atoms. The van der Waals surface area contributed by atoms with Gasteiger partial charge in [-0.2, -0.15) is 0 Å². The van der Waals surface area contributed by atoms with Gasteiger partial charge in [0.1, 0.15) is 11.5 Å². The van der Waals surface area contributed by atoms with Crippen molar-refractivity contribution in [1.82, 2.24) is 10.5 Å². The van der Waals surface area contributed by atoms with Gasteiger partial charge in [-0.15, -0.1) is 0 Å². The SMILES string of the molecule is COc1cc2c(cc1-c1c(C)noc1C)NCC(=O)N2CC1CCNCC1. The molecule has 0 spiro atoms. The van der Waals surface area contributed by atoms with E-state index in [0.717, 1.165) is 72.2 Å². The van der Waals surface area contributed by atoms with Crippen LogP contribution in [0.3, 0.4) is 0 Å². The van der Waals surface area contributed by atoms with Gasteiger partial charge >= 0.3 is 0 Å². The minimum Gasteiger partial charge on any atom is -0.496 e. The molecule has 2 aliphatic heterocycles. The smallest absolute Gasteiger partial charge is 0.246 e. The van der Waals surface area contributed by atoms with Crippen LogP contribution in [-0.2, 0) is 4.79 Å². The maximum Gasteiger partial charge on any atom is 0.246 e. The summed E-state index contributed by atoms with van der Waals surface area (Å²) < 4.78 is 11.0. The van der Waals surface area contributed by atoms with Crippen LogP contribution in [0.15, 0.2) is 16.7 Å². The highest BCUT2D eigenvalue weighted by Gasteiger charge is 2.29. The lowest BCUT2D eigenvalue weighted by Crippen LogP contribution is -2.44. The maximum atomic E-state index is 12.6. The normalized spacial score (nSPS) is 17.6. The molecule has 0 aliphatic carbocycles. The molecule has 144 valence electrons. The molecule has 3 heterocycles. The lowest BCUT2D eigenvalue weighted by atomic mass is 9.96. The summed E-state index contributed by atoms with van der Waals surface area (Å²) in [7, 11) is 1.65. The van der Waals surface area contributed by atoms with Gasteiger partial charge in [-0.1, -0.05) is 5.16 Å². The van der Waals surface area contributed by atoms with Crippen molar-refractivity contribution in [3.63, 3.8) is 0 Å².